The van der Waals surface area contributed by atoms with Gasteiger partial charge in [-0.3, -0.25) is 9.59 Å². The Kier molecular flexibility index (Phi) is 2.71. The molecule has 1 aliphatic heterocycles. The number of carbonyl (C=O) groups excluding carboxylic acids is 2. The van der Waals surface area contributed by atoms with Crippen LogP contribution in [-0.4, -0.2) is 18.4 Å². The number of hydrogen-bond acceptors (Lipinski definition) is 3. The molecule has 0 bridgehead atoms. The second-order valence-electron chi connectivity index (χ2n) is 3.50. The van der Waals surface area contributed by atoms with Gasteiger partial charge in [-0.15, -0.1) is 0 Å². The van der Waals surface area contributed by atoms with Gasteiger partial charge in [-0.25, -0.2) is 0 Å². The van der Waals surface area contributed by atoms with E-state index in [2.05, 4.69) is 10.6 Å². The summed E-state index contributed by atoms with van der Waals surface area (Å²) in [6.45, 7) is 0.805. The Morgan fingerprint density at radius 1 is 1.67 bits per heavy atom. The van der Waals surface area contributed by atoms with Crippen LogP contribution < -0.4 is 10.6 Å². The third-order valence-electron chi connectivity index (χ3n) is 2.37. The van der Waals surface area contributed by atoms with E-state index in [9.17, 15) is 9.59 Å². The molecule has 2 heterocycles. The first-order valence-electron chi connectivity index (χ1n) is 4.82. The summed E-state index contributed by atoms with van der Waals surface area (Å²) in [7, 11) is 0. The highest BCUT2D eigenvalue weighted by Gasteiger charge is 2.27. The van der Waals surface area contributed by atoms with Crippen molar-refractivity contribution in [1.82, 2.24) is 10.6 Å². The van der Waals surface area contributed by atoms with Gasteiger partial charge in [0.25, 0.3) is 0 Å². The van der Waals surface area contributed by atoms with Crippen molar-refractivity contribution < 1.29 is 14.0 Å². The van der Waals surface area contributed by atoms with Crippen LogP contribution in [0.15, 0.2) is 22.8 Å². The highest BCUT2D eigenvalue weighted by Crippen LogP contribution is 2.09. The van der Waals surface area contributed by atoms with E-state index in [0.29, 0.717) is 18.8 Å². The minimum absolute atomic E-state index is 0.0619. The number of carbonyl (C=O) groups is 2. The summed E-state index contributed by atoms with van der Waals surface area (Å²) in [4.78, 5) is 22.4. The Labute approximate surface area is 86.8 Å². The van der Waals surface area contributed by atoms with Crippen LogP contribution >= 0.6 is 0 Å². The van der Waals surface area contributed by atoms with Gasteiger partial charge >= 0.3 is 0 Å². The molecule has 0 saturated carbocycles. The normalized spacial score (nSPS) is 20.0. The molecular weight excluding hydrogens is 196 g/mol. The lowest BCUT2D eigenvalue weighted by Crippen LogP contribution is -2.31. The molecule has 1 aromatic heterocycles. The van der Waals surface area contributed by atoms with Gasteiger partial charge in [0, 0.05) is 13.0 Å². The largest absolute Gasteiger partial charge is 0.467 e. The van der Waals surface area contributed by atoms with Crippen molar-refractivity contribution >= 4 is 11.8 Å². The SMILES string of the molecule is O=C1CC(C(=O)NCc2ccco2)CN1. The molecule has 15 heavy (non-hydrogen) atoms. The summed E-state index contributed by atoms with van der Waals surface area (Å²) in [5, 5.41) is 5.34. The average Bonchev–Trinajstić information content (AvgIpc) is 2.84. The van der Waals surface area contributed by atoms with Gasteiger partial charge in [-0.05, 0) is 12.1 Å². The molecule has 2 amide bonds. The third kappa shape index (κ3) is 2.37. The zero-order chi connectivity index (χ0) is 10.7. The second-order valence-corrected chi connectivity index (χ2v) is 3.50. The van der Waals surface area contributed by atoms with E-state index in [1.807, 2.05) is 0 Å². The summed E-state index contributed by atoms with van der Waals surface area (Å²) < 4.78 is 5.07. The van der Waals surface area contributed by atoms with Crippen LogP contribution in [0.4, 0.5) is 0 Å². The highest BCUT2D eigenvalue weighted by atomic mass is 16.3. The molecular formula is C10H12N2O3. The van der Waals surface area contributed by atoms with E-state index in [1.54, 1.807) is 18.4 Å². The minimum atomic E-state index is -0.243. The molecule has 1 fully saturated rings. The lowest BCUT2D eigenvalue weighted by molar-refractivity contribution is -0.126. The van der Waals surface area contributed by atoms with Gasteiger partial charge < -0.3 is 15.1 Å². The Balaban J connectivity index is 1.80. The predicted octanol–water partition coefficient (Wildman–Crippen LogP) is 0.0319. The van der Waals surface area contributed by atoms with E-state index < -0.39 is 0 Å². The summed E-state index contributed by atoms with van der Waals surface area (Å²) in [6.07, 6.45) is 1.84. The van der Waals surface area contributed by atoms with Crippen LogP contribution in [0, 0.1) is 5.92 Å². The fourth-order valence-electron chi connectivity index (χ4n) is 1.52. The van der Waals surface area contributed by atoms with Crippen LogP contribution in [-0.2, 0) is 16.1 Å². The fourth-order valence-corrected chi connectivity index (χ4v) is 1.52. The molecule has 2 rings (SSSR count). The maximum Gasteiger partial charge on any atom is 0.225 e. The molecule has 1 aromatic rings. The first-order chi connectivity index (χ1) is 7.25. The van der Waals surface area contributed by atoms with Crippen molar-refractivity contribution in [2.24, 2.45) is 5.92 Å². The van der Waals surface area contributed by atoms with Crippen molar-refractivity contribution in [3.05, 3.63) is 24.2 Å². The number of hydrogen-bond donors (Lipinski definition) is 2. The number of nitrogens with one attached hydrogen (secondary N) is 2. The second kappa shape index (κ2) is 4.16. The predicted molar refractivity (Wildman–Crippen MR) is 51.7 cm³/mol. The Morgan fingerprint density at radius 2 is 2.53 bits per heavy atom. The molecule has 1 aliphatic rings. The zero-order valence-electron chi connectivity index (χ0n) is 8.16. The molecule has 2 N–H and O–H groups in total. The number of rotatable bonds is 3. The van der Waals surface area contributed by atoms with Crippen molar-refractivity contribution in [3.63, 3.8) is 0 Å². The third-order valence-corrected chi connectivity index (χ3v) is 2.37. The van der Waals surface area contributed by atoms with Crippen LogP contribution in [0.5, 0.6) is 0 Å². The lowest BCUT2D eigenvalue weighted by Gasteiger charge is -2.07. The van der Waals surface area contributed by atoms with Crippen molar-refractivity contribution in [2.75, 3.05) is 6.54 Å². The van der Waals surface area contributed by atoms with Gasteiger partial charge in [-0.2, -0.15) is 0 Å². The van der Waals surface area contributed by atoms with Crippen molar-refractivity contribution in [2.45, 2.75) is 13.0 Å². The molecule has 0 spiro atoms. The topological polar surface area (TPSA) is 71.3 Å². The van der Waals surface area contributed by atoms with E-state index in [-0.39, 0.29) is 24.2 Å². The summed E-state index contributed by atoms with van der Waals surface area (Å²) in [5.41, 5.74) is 0. The van der Waals surface area contributed by atoms with Gasteiger partial charge in [-0.1, -0.05) is 0 Å². The summed E-state index contributed by atoms with van der Waals surface area (Å²) in [6, 6.07) is 3.56. The highest BCUT2D eigenvalue weighted by molar-refractivity contribution is 5.89. The maximum atomic E-state index is 11.5. The van der Waals surface area contributed by atoms with Gasteiger partial charge in [0.05, 0.1) is 18.7 Å². The van der Waals surface area contributed by atoms with Crippen molar-refractivity contribution in [1.29, 1.82) is 0 Å². The Bertz CT molecular complexity index is 359. The van der Waals surface area contributed by atoms with Crippen LogP contribution in [0.2, 0.25) is 0 Å². The zero-order valence-corrected chi connectivity index (χ0v) is 8.16. The smallest absolute Gasteiger partial charge is 0.225 e. The molecule has 5 heteroatoms. The quantitative estimate of drug-likeness (QED) is 0.736. The molecule has 5 nitrogen and oxygen atoms in total. The maximum absolute atomic E-state index is 11.5. The Morgan fingerprint density at radius 3 is 3.13 bits per heavy atom. The molecule has 80 valence electrons. The van der Waals surface area contributed by atoms with Crippen molar-refractivity contribution in [3.8, 4) is 0 Å². The lowest BCUT2D eigenvalue weighted by atomic mass is 10.1. The number of amides is 2. The van der Waals surface area contributed by atoms with E-state index in [0.717, 1.165) is 0 Å². The molecule has 1 atom stereocenters. The molecule has 0 aromatic carbocycles. The minimum Gasteiger partial charge on any atom is -0.467 e. The van der Waals surface area contributed by atoms with Gasteiger partial charge in [0.15, 0.2) is 0 Å². The standard InChI is InChI=1S/C10H12N2O3/c13-9-4-7(5-11-9)10(14)12-6-8-2-1-3-15-8/h1-3,7H,4-6H2,(H,11,13)(H,12,14). The summed E-state index contributed by atoms with van der Waals surface area (Å²) in [5.74, 6) is 0.297. The first-order valence-corrected chi connectivity index (χ1v) is 4.82. The molecule has 1 saturated heterocycles. The van der Waals surface area contributed by atoms with Crippen LogP contribution in [0.1, 0.15) is 12.2 Å². The summed E-state index contributed by atoms with van der Waals surface area (Å²) >= 11 is 0. The first kappa shape index (κ1) is 9.76. The van der Waals surface area contributed by atoms with E-state index in [4.69, 9.17) is 4.42 Å². The van der Waals surface area contributed by atoms with Gasteiger partial charge in [0.1, 0.15) is 5.76 Å². The van der Waals surface area contributed by atoms with Crippen LogP contribution in [0.3, 0.4) is 0 Å². The Hall–Kier alpha value is -1.78. The number of furan rings is 1. The molecule has 0 radical (unpaired) electrons. The molecule has 0 aliphatic carbocycles. The van der Waals surface area contributed by atoms with E-state index in [1.165, 1.54) is 0 Å². The van der Waals surface area contributed by atoms with Gasteiger partial charge in [0.2, 0.25) is 11.8 Å². The van der Waals surface area contributed by atoms with Crippen LogP contribution in [0.25, 0.3) is 0 Å². The van der Waals surface area contributed by atoms with E-state index >= 15 is 0 Å². The monoisotopic (exact) mass is 208 g/mol. The molecule has 1 unspecified atom stereocenters. The average molecular weight is 208 g/mol. The fraction of sp³-hybridized carbons (Fsp3) is 0.400.